The number of nitrogens with zero attached hydrogens (tertiary/aromatic N) is 2. The minimum Gasteiger partial charge on any atom is -0.398 e. The lowest BCUT2D eigenvalue weighted by atomic mass is 10.1. The molecular formula is C16H21N3. The minimum atomic E-state index is 0.584. The van der Waals surface area contributed by atoms with E-state index in [1.807, 2.05) is 19.2 Å². The molecule has 1 saturated carbocycles. The maximum Gasteiger partial charge on any atom is 0.0448 e. The second-order valence-corrected chi connectivity index (χ2v) is 5.73. The van der Waals surface area contributed by atoms with Crippen molar-refractivity contribution in [3.8, 4) is 0 Å². The Kier molecular flexibility index (Phi) is 2.85. The number of nitrogen functional groups attached to an aromatic ring is 1. The Labute approximate surface area is 114 Å². The van der Waals surface area contributed by atoms with E-state index in [0.29, 0.717) is 6.04 Å². The molecule has 100 valence electrons. The molecule has 1 aromatic carbocycles. The zero-order valence-electron chi connectivity index (χ0n) is 11.9. The van der Waals surface area contributed by atoms with Crippen LogP contribution in [0.2, 0.25) is 0 Å². The highest BCUT2D eigenvalue weighted by atomic mass is 15.1. The molecule has 0 bridgehead atoms. The lowest BCUT2D eigenvalue weighted by Crippen LogP contribution is -2.30. The minimum absolute atomic E-state index is 0.584. The van der Waals surface area contributed by atoms with E-state index in [4.69, 9.17) is 5.73 Å². The fraction of sp³-hybridized carbons (Fsp3) is 0.438. The van der Waals surface area contributed by atoms with Gasteiger partial charge in [0.2, 0.25) is 0 Å². The largest absolute Gasteiger partial charge is 0.398 e. The molecule has 3 nitrogen and oxygen atoms in total. The van der Waals surface area contributed by atoms with Gasteiger partial charge in [0.25, 0.3) is 0 Å². The summed E-state index contributed by atoms with van der Waals surface area (Å²) in [6, 6.07) is 6.85. The number of aromatic nitrogens is 1. The molecular weight excluding hydrogens is 234 g/mol. The van der Waals surface area contributed by atoms with Gasteiger partial charge in [0.1, 0.15) is 0 Å². The average Bonchev–Trinajstić information content (AvgIpc) is 3.21. The van der Waals surface area contributed by atoms with Crippen molar-refractivity contribution in [2.45, 2.75) is 32.7 Å². The predicted octanol–water partition coefficient (Wildman–Crippen LogP) is 3.36. The molecule has 2 aromatic rings. The Balaban J connectivity index is 2.12. The lowest BCUT2D eigenvalue weighted by molar-refractivity contribution is 0.610. The summed E-state index contributed by atoms with van der Waals surface area (Å²) in [5.74, 6) is 0.848. The van der Waals surface area contributed by atoms with Crippen LogP contribution in [0.5, 0.6) is 0 Å². The van der Waals surface area contributed by atoms with Crippen LogP contribution in [0.25, 0.3) is 10.8 Å². The van der Waals surface area contributed by atoms with Crippen LogP contribution in [-0.2, 0) is 0 Å². The first-order chi connectivity index (χ1) is 9.08. The number of pyridine rings is 1. The van der Waals surface area contributed by atoms with Crippen molar-refractivity contribution in [1.82, 2.24) is 4.98 Å². The standard InChI is InChI=1S/C16H21N3/c1-10-8-13-14(9-18-10)15(17)6-7-16(13)19(3)11(2)12-4-5-12/h6-9,11-12H,4-5,17H2,1-3H3. The molecule has 3 heteroatoms. The van der Waals surface area contributed by atoms with Crippen molar-refractivity contribution in [2.24, 2.45) is 5.92 Å². The molecule has 0 spiro atoms. The van der Waals surface area contributed by atoms with Gasteiger partial charge >= 0.3 is 0 Å². The quantitative estimate of drug-likeness (QED) is 0.855. The second-order valence-electron chi connectivity index (χ2n) is 5.73. The van der Waals surface area contributed by atoms with Gasteiger partial charge in [0, 0.05) is 47.1 Å². The van der Waals surface area contributed by atoms with Crippen LogP contribution in [0.3, 0.4) is 0 Å². The number of aryl methyl sites for hydroxylation is 1. The van der Waals surface area contributed by atoms with Crippen LogP contribution in [-0.4, -0.2) is 18.1 Å². The van der Waals surface area contributed by atoms with Gasteiger partial charge in [-0.2, -0.15) is 0 Å². The normalized spacial score (nSPS) is 16.6. The van der Waals surface area contributed by atoms with E-state index in [1.165, 1.54) is 23.9 Å². The van der Waals surface area contributed by atoms with Crippen LogP contribution in [0, 0.1) is 12.8 Å². The highest BCUT2D eigenvalue weighted by Gasteiger charge is 2.31. The third-order valence-electron chi connectivity index (χ3n) is 4.34. The lowest BCUT2D eigenvalue weighted by Gasteiger charge is -2.28. The van der Waals surface area contributed by atoms with E-state index >= 15 is 0 Å². The molecule has 0 saturated heterocycles. The number of hydrogen-bond donors (Lipinski definition) is 1. The van der Waals surface area contributed by atoms with Gasteiger partial charge in [-0.15, -0.1) is 0 Å². The Morgan fingerprint density at radius 1 is 1.32 bits per heavy atom. The van der Waals surface area contributed by atoms with E-state index < -0.39 is 0 Å². The van der Waals surface area contributed by atoms with Gasteiger partial charge < -0.3 is 10.6 Å². The van der Waals surface area contributed by atoms with Gasteiger partial charge in [-0.3, -0.25) is 4.98 Å². The zero-order valence-corrected chi connectivity index (χ0v) is 11.9. The van der Waals surface area contributed by atoms with E-state index in [2.05, 4.69) is 36.0 Å². The van der Waals surface area contributed by atoms with E-state index in [-0.39, 0.29) is 0 Å². The van der Waals surface area contributed by atoms with Crippen LogP contribution in [0.15, 0.2) is 24.4 Å². The van der Waals surface area contributed by atoms with E-state index in [9.17, 15) is 0 Å². The first kappa shape index (κ1) is 12.3. The maximum absolute atomic E-state index is 6.07. The third kappa shape index (κ3) is 2.14. The van der Waals surface area contributed by atoms with E-state index in [1.54, 1.807) is 0 Å². The van der Waals surface area contributed by atoms with E-state index in [0.717, 1.165) is 22.7 Å². The Morgan fingerprint density at radius 3 is 2.74 bits per heavy atom. The molecule has 1 unspecified atom stereocenters. The molecule has 1 aromatic heterocycles. The van der Waals surface area contributed by atoms with Crippen molar-refractivity contribution < 1.29 is 0 Å². The van der Waals surface area contributed by atoms with Crippen LogP contribution in [0.1, 0.15) is 25.5 Å². The molecule has 0 radical (unpaired) electrons. The Morgan fingerprint density at radius 2 is 2.05 bits per heavy atom. The van der Waals surface area contributed by atoms with Crippen molar-refractivity contribution >= 4 is 22.1 Å². The fourth-order valence-corrected chi connectivity index (χ4v) is 2.77. The number of nitrogens with two attached hydrogens (primary N) is 1. The van der Waals surface area contributed by atoms with Crippen molar-refractivity contribution in [3.63, 3.8) is 0 Å². The predicted molar refractivity (Wildman–Crippen MR) is 81.5 cm³/mol. The summed E-state index contributed by atoms with van der Waals surface area (Å²) in [5.41, 5.74) is 9.16. The monoisotopic (exact) mass is 255 g/mol. The fourth-order valence-electron chi connectivity index (χ4n) is 2.77. The Hall–Kier alpha value is -1.77. The van der Waals surface area contributed by atoms with Crippen molar-refractivity contribution in [3.05, 3.63) is 30.1 Å². The van der Waals surface area contributed by atoms with Gasteiger partial charge in [0.15, 0.2) is 0 Å². The van der Waals surface area contributed by atoms with Gasteiger partial charge in [-0.1, -0.05) is 0 Å². The summed E-state index contributed by atoms with van der Waals surface area (Å²) in [6.45, 7) is 4.34. The molecule has 0 amide bonds. The molecule has 1 aliphatic carbocycles. The SMILES string of the molecule is Cc1cc2c(N(C)C(C)C3CC3)ccc(N)c2cn1. The summed E-state index contributed by atoms with van der Waals surface area (Å²) in [6.07, 6.45) is 4.61. The molecule has 1 fully saturated rings. The zero-order chi connectivity index (χ0) is 13.6. The molecule has 2 N–H and O–H groups in total. The number of fused-ring (bicyclic) bond motifs is 1. The first-order valence-electron chi connectivity index (χ1n) is 6.95. The molecule has 1 atom stereocenters. The molecule has 19 heavy (non-hydrogen) atoms. The molecule has 1 heterocycles. The second kappa shape index (κ2) is 4.41. The van der Waals surface area contributed by atoms with Gasteiger partial charge in [-0.25, -0.2) is 0 Å². The van der Waals surface area contributed by atoms with Crippen LogP contribution >= 0.6 is 0 Å². The molecule has 3 rings (SSSR count). The number of anilines is 2. The topological polar surface area (TPSA) is 42.1 Å². The number of hydrogen-bond acceptors (Lipinski definition) is 3. The number of benzene rings is 1. The first-order valence-corrected chi connectivity index (χ1v) is 6.95. The van der Waals surface area contributed by atoms with Crippen LogP contribution < -0.4 is 10.6 Å². The van der Waals surface area contributed by atoms with Gasteiger partial charge in [-0.05, 0) is 50.8 Å². The average molecular weight is 255 g/mol. The molecule has 1 aliphatic rings. The maximum atomic E-state index is 6.07. The molecule has 0 aliphatic heterocycles. The smallest absolute Gasteiger partial charge is 0.0448 e. The summed E-state index contributed by atoms with van der Waals surface area (Å²) < 4.78 is 0. The summed E-state index contributed by atoms with van der Waals surface area (Å²) in [5, 5.41) is 2.26. The Bertz CT molecular complexity index is 617. The summed E-state index contributed by atoms with van der Waals surface area (Å²) in [4.78, 5) is 6.75. The summed E-state index contributed by atoms with van der Waals surface area (Å²) >= 11 is 0. The van der Waals surface area contributed by atoms with Crippen molar-refractivity contribution in [1.29, 1.82) is 0 Å². The van der Waals surface area contributed by atoms with Crippen molar-refractivity contribution in [2.75, 3.05) is 17.7 Å². The third-order valence-corrected chi connectivity index (χ3v) is 4.34. The number of rotatable bonds is 3. The highest BCUT2D eigenvalue weighted by Crippen LogP contribution is 2.38. The van der Waals surface area contributed by atoms with Crippen LogP contribution in [0.4, 0.5) is 11.4 Å². The summed E-state index contributed by atoms with van der Waals surface area (Å²) in [7, 11) is 2.18. The highest BCUT2D eigenvalue weighted by molar-refractivity contribution is 6.01. The van der Waals surface area contributed by atoms with Gasteiger partial charge in [0.05, 0.1) is 0 Å².